The van der Waals surface area contributed by atoms with Gasteiger partial charge in [-0.2, -0.15) is 0 Å². The number of piperidine rings is 1. The Morgan fingerprint density at radius 3 is 2.10 bits per heavy atom. The van der Waals surface area contributed by atoms with Crippen LogP contribution in [0.15, 0.2) is 10.2 Å². The second kappa shape index (κ2) is 16.1. The van der Waals surface area contributed by atoms with Crippen molar-refractivity contribution in [3.63, 3.8) is 0 Å². The molecule has 1 aliphatic rings. The molecule has 172 valence electrons. The second-order valence-electron chi connectivity index (χ2n) is 9.50. The van der Waals surface area contributed by atoms with Crippen molar-refractivity contribution in [3.05, 3.63) is 10.2 Å². The SMILES string of the molecule is CCC[CH2][Sn]([CH]=CCC(O)C1CCN(C)CC1OCCC)([CH2]CCC)[CH2]CCC. The Morgan fingerprint density at radius 2 is 1.59 bits per heavy atom. The molecule has 0 amide bonds. The molecule has 3 atom stereocenters. The Bertz CT molecular complexity index is 407. The minimum absolute atomic E-state index is 0.186. The van der Waals surface area contributed by atoms with E-state index in [4.69, 9.17) is 4.74 Å². The van der Waals surface area contributed by atoms with Crippen LogP contribution in [0.2, 0.25) is 13.3 Å². The first-order valence-corrected chi connectivity index (χ1v) is 20.4. The van der Waals surface area contributed by atoms with Crippen molar-refractivity contribution in [3.8, 4) is 0 Å². The van der Waals surface area contributed by atoms with Crippen molar-refractivity contribution < 1.29 is 9.84 Å². The van der Waals surface area contributed by atoms with E-state index in [9.17, 15) is 5.11 Å². The predicted octanol–water partition coefficient (Wildman–Crippen LogP) is 6.43. The van der Waals surface area contributed by atoms with E-state index in [-0.39, 0.29) is 18.1 Å². The molecule has 0 aromatic carbocycles. The molecule has 29 heavy (non-hydrogen) atoms. The molecule has 0 aromatic rings. The van der Waals surface area contributed by atoms with E-state index in [0.29, 0.717) is 0 Å². The van der Waals surface area contributed by atoms with Gasteiger partial charge in [0.25, 0.3) is 0 Å². The topological polar surface area (TPSA) is 32.7 Å². The van der Waals surface area contributed by atoms with Crippen molar-refractivity contribution in [2.75, 3.05) is 26.7 Å². The third kappa shape index (κ3) is 10.5. The summed E-state index contributed by atoms with van der Waals surface area (Å²) in [4.78, 5) is 2.35. The van der Waals surface area contributed by atoms with E-state index in [1.54, 1.807) is 0 Å². The average Bonchev–Trinajstić information content (AvgIpc) is 2.72. The molecular weight excluding hydrogens is 465 g/mol. The summed E-state index contributed by atoms with van der Waals surface area (Å²) in [5, 5.41) is 11.0. The zero-order valence-corrected chi connectivity index (χ0v) is 23.2. The summed E-state index contributed by atoms with van der Waals surface area (Å²) >= 11 is -2.22. The molecule has 0 aromatic heterocycles. The zero-order chi connectivity index (χ0) is 21.5. The number of aliphatic hydroxyl groups is 1. The summed E-state index contributed by atoms with van der Waals surface area (Å²) in [5.41, 5.74) is 0. The molecule has 0 bridgehead atoms. The first-order chi connectivity index (χ1) is 14.0. The molecule has 3 nitrogen and oxygen atoms in total. The molecule has 1 aliphatic heterocycles. The number of nitrogens with zero attached hydrogens (tertiary/aromatic N) is 1. The maximum absolute atomic E-state index is 11.0. The average molecular weight is 516 g/mol. The molecule has 1 fully saturated rings. The van der Waals surface area contributed by atoms with Gasteiger partial charge in [-0.3, -0.25) is 0 Å². The summed E-state index contributed by atoms with van der Waals surface area (Å²) in [7, 11) is 2.17. The van der Waals surface area contributed by atoms with Crippen molar-refractivity contribution in [2.24, 2.45) is 5.92 Å². The van der Waals surface area contributed by atoms with Crippen LogP contribution in [0.5, 0.6) is 0 Å². The van der Waals surface area contributed by atoms with Crippen molar-refractivity contribution in [1.82, 2.24) is 4.90 Å². The van der Waals surface area contributed by atoms with Gasteiger partial charge in [-0.25, -0.2) is 0 Å². The molecule has 0 spiro atoms. The van der Waals surface area contributed by atoms with Crippen LogP contribution < -0.4 is 0 Å². The first kappa shape index (κ1) is 27.5. The van der Waals surface area contributed by atoms with E-state index < -0.39 is 18.4 Å². The molecule has 3 unspecified atom stereocenters. The number of aliphatic hydroxyl groups excluding tert-OH is 1. The fourth-order valence-corrected chi connectivity index (χ4v) is 19.3. The molecule has 1 saturated heterocycles. The number of hydrogen-bond acceptors (Lipinski definition) is 3. The van der Waals surface area contributed by atoms with Crippen LogP contribution in [-0.4, -0.2) is 67.3 Å². The number of likely N-dealkylation sites (tertiary alicyclic amines) is 1. The number of hydrogen-bond donors (Lipinski definition) is 1. The number of rotatable bonds is 16. The van der Waals surface area contributed by atoms with E-state index >= 15 is 0 Å². The second-order valence-corrected chi connectivity index (χ2v) is 22.5. The van der Waals surface area contributed by atoms with Gasteiger partial charge in [0.2, 0.25) is 0 Å². The monoisotopic (exact) mass is 517 g/mol. The number of ether oxygens (including phenoxy) is 1. The predicted molar refractivity (Wildman–Crippen MR) is 130 cm³/mol. The fourth-order valence-electron chi connectivity index (χ4n) is 4.82. The number of likely N-dealkylation sites (N-methyl/N-ethyl adjacent to an activating group) is 1. The van der Waals surface area contributed by atoms with Crippen LogP contribution in [0.4, 0.5) is 0 Å². The van der Waals surface area contributed by atoms with Gasteiger partial charge in [0, 0.05) is 0 Å². The van der Waals surface area contributed by atoms with E-state index in [1.807, 2.05) is 0 Å². The van der Waals surface area contributed by atoms with Crippen molar-refractivity contribution in [1.29, 1.82) is 0 Å². The summed E-state index contributed by atoms with van der Waals surface area (Å²) in [6.45, 7) is 12.0. The molecular formula is C25H51NO2Sn. The van der Waals surface area contributed by atoms with Gasteiger partial charge in [-0.1, -0.05) is 0 Å². The molecule has 1 N–H and O–H groups in total. The normalized spacial score (nSPS) is 22.4. The Morgan fingerprint density at radius 1 is 1.00 bits per heavy atom. The third-order valence-electron chi connectivity index (χ3n) is 6.78. The van der Waals surface area contributed by atoms with E-state index in [2.05, 4.69) is 49.8 Å². The third-order valence-corrected chi connectivity index (χ3v) is 21.0. The van der Waals surface area contributed by atoms with Crippen molar-refractivity contribution >= 4 is 18.4 Å². The first-order valence-electron chi connectivity index (χ1n) is 12.7. The van der Waals surface area contributed by atoms with Gasteiger partial charge in [-0.15, -0.1) is 0 Å². The van der Waals surface area contributed by atoms with Crippen LogP contribution in [0.25, 0.3) is 0 Å². The Kier molecular flexibility index (Phi) is 15.2. The van der Waals surface area contributed by atoms with Crippen LogP contribution in [0.1, 0.15) is 85.5 Å². The van der Waals surface area contributed by atoms with Gasteiger partial charge in [-0.05, 0) is 0 Å². The maximum atomic E-state index is 11.0. The molecule has 0 aliphatic carbocycles. The Labute approximate surface area is 186 Å². The zero-order valence-electron chi connectivity index (χ0n) is 20.3. The van der Waals surface area contributed by atoms with Gasteiger partial charge < -0.3 is 0 Å². The molecule has 1 rings (SSSR count). The van der Waals surface area contributed by atoms with Crippen LogP contribution in [-0.2, 0) is 4.74 Å². The molecule has 0 saturated carbocycles. The quantitative estimate of drug-likeness (QED) is 0.240. The number of unbranched alkanes of at least 4 members (excludes halogenated alkanes) is 3. The Balaban J connectivity index is 2.77. The van der Waals surface area contributed by atoms with Crippen molar-refractivity contribution in [2.45, 2.75) is 111 Å². The minimum atomic E-state index is -2.22. The van der Waals surface area contributed by atoms with Crippen LogP contribution in [0, 0.1) is 5.92 Å². The summed E-state index contributed by atoms with van der Waals surface area (Å²) < 4.78 is 13.4. The summed E-state index contributed by atoms with van der Waals surface area (Å²) in [6, 6.07) is 0. The van der Waals surface area contributed by atoms with E-state index in [1.165, 1.54) is 51.8 Å². The van der Waals surface area contributed by atoms with E-state index in [0.717, 1.165) is 39.0 Å². The molecule has 1 heterocycles. The summed E-state index contributed by atoms with van der Waals surface area (Å²) in [5.74, 6) is 0.286. The Hall–Kier alpha value is 0.419. The van der Waals surface area contributed by atoms with Crippen LogP contribution >= 0.6 is 0 Å². The summed E-state index contributed by atoms with van der Waals surface area (Å²) in [6.07, 6.45) is 13.4. The van der Waals surface area contributed by atoms with Gasteiger partial charge in [0.05, 0.1) is 0 Å². The van der Waals surface area contributed by atoms with Gasteiger partial charge in [0.1, 0.15) is 0 Å². The fraction of sp³-hybridized carbons (Fsp3) is 0.920. The molecule has 0 radical (unpaired) electrons. The van der Waals surface area contributed by atoms with Crippen LogP contribution in [0.3, 0.4) is 0 Å². The van der Waals surface area contributed by atoms with Gasteiger partial charge in [0.15, 0.2) is 0 Å². The molecule has 4 heteroatoms. The standard InChI is InChI=1S/C13H24NO2.3C4H9.Sn/c1-4-6-12(15)11-7-8-14(3)10-13(11)16-9-5-2;3*1-3-4-2;/h1,4,11-13,15H,5-10H2,2-3H3;3*1,3-4H2,2H3;. The van der Waals surface area contributed by atoms with Gasteiger partial charge >= 0.3 is 187 Å².